The van der Waals surface area contributed by atoms with Crippen molar-refractivity contribution in [1.29, 1.82) is 0 Å². The number of benzene rings is 3. The van der Waals surface area contributed by atoms with Crippen molar-refractivity contribution in [3.8, 4) is 0 Å². The van der Waals surface area contributed by atoms with Crippen molar-refractivity contribution in [3.63, 3.8) is 0 Å². The van der Waals surface area contributed by atoms with Gasteiger partial charge in [0.15, 0.2) is 0 Å². The lowest BCUT2D eigenvalue weighted by atomic mass is 9.67. The highest BCUT2D eigenvalue weighted by Crippen LogP contribution is 2.41. The van der Waals surface area contributed by atoms with Gasteiger partial charge in [-0.15, -0.1) is 0 Å². The number of carbonyl (C=O) groups is 1. The predicted molar refractivity (Wildman–Crippen MR) is 184 cm³/mol. The van der Waals surface area contributed by atoms with E-state index in [1.54, 1.807) is 0 Å². The number of Topliss-reactive ketones (excluding diaryl/α,β-unsaturated/α-hetero) is 1. The zero-order chi connectivity index (χ0) is 31.0. The number of carbonyl (C=O) groups excluding carboxylic acids is 1. The number of ketones is 1. The Morgan fingerprint density at radius 1 is 0.886 bits per heavy atom. The fourth-order valence-corrected chi connectivity index (χ4v) is 12.3. The number of aliphatic imine (C=N–C) groups is 1. The third kappa shape index (κ3) is 7.50. The maximum Gasteiger partial charge on any atom is 0.261 e. The van der Waals surface area contributed by atoms with Crippen LogP contribution in [0.2, 0.25) is 5.04 Å². The summed E-state index contributed by atoms with van der Waals surface area (Å²) in [6.07, 6.45) is 6.22. The highest BCUT2D eigenvalue weighted by molar-refractivity contribution is 6.99. The third-order valence-corrected chi connectivity index (χ3v) is 14.8. The molecular weight excluding hydrogens is 559 g/mol. The molecule has 4 unspecified atom stereocenters. The largest absolute Gasteiger partial charge is 0.407 e. The number of ether oxygens (including phenoxy) is 1. The van der Waals surface area contributed by atoms with E-state index in [1.165, 1.54) is 21.6 Å². The molecule has 0 spiro atoms. The van der Waals surface area contributed by atoms with E-state index in [0.29, 0.717) is 43.7 Å². The van der Waals surface area contributed by atoms with Crippen LogP contribution in [0, 0.1) is 17.8 Å². The van der Waals surface area contributed by atoms with Gasteiger partial charge in [-0.1, -0.05) is 119 Å². The molecule has 1 aliphatic carbocycles. The van der Waals surface area contributed by atoms with Gasteiger partial charge >= 0.3 is 0 Å². The summed E-state index contributed by atoms with van der Waals surface area (Å²) in [4.78, 5) is 18.5. The maximum absolute atomic E-state index is 13.5. The standard InChI is InChI=1S/C39H51NO3Si/c1-30-27-37-35(24-16-25-40-37)36(38(30)42-29-31-17-8-5-9-18-31)28-32(41)19-14-15-26-43-44(39(2,3)4,33-20-10-6-11-21-33)34-22-12-7-13-23-34/h5-13,17-18,20-23,30,35-36,38H,14-16,19,24-29H2,1-4H3. The van der Waals surface area contributed by atoms with Crippen LogP contribution in [0.3, 0.4) is 0 Å². The van der Waals surface area contributed by atoms with Crippen LogP contribution in [-0.2, 0) is 20.6 Å². The lowest BCUT2D eigenvalue weighted by molar-refractivity contribution is -0.124. The van der Waals surface area contributed by atoms with Gasteiger partial charge in [-0.3, -0.25) is 9.79 Å². The van der Waals surface area contributed by atoms with Crippen LogP contribution in [-0.4, -0.2) is 39.1 Å². The summed E-state index contributed by atoms with van der Waals surface area (Å²) < 4.78 is 13.7. The molecule has 0 radical (unpaired) electrons. The van der Waals surface area contributed by atoms with E-state index in [4.69, 9.17) is 14.2 Å². The molecular formula is C39H51NO3Si. The Morgan fingerprint density at radius 2 is 1.50 bits per heavy atom. The molecule has 4 nitrogen and oxygen atoms in total. The maximum atomic E-state index is 13.5. The molecule has 0 amide bonds. The van der Waals surface area contributed by atoms with Crippen molar-refractivity contribution in [2.45, 2.75) is 90.4 Å². The monoisotopic (exact) mass is 609 g/mol. The van der Waals surface area contributed by atoms with Crippen molar-refractivity contribution in [3.05, 3.63) is 96.6 Å². The molecule has 1 saturated carbocycles. The summed E-state index contributed by atoms with van der Waals surface area (Å²) in [5.41, 5.74) is 2.52. The van der Waals surface area contributed by atoms with Crippen molar-refractivity contribution in [2.24, 2.45) is 22.7 Å². The molecule has 44 heavy (non-hydrogen) atoms. The smallest absolute Gasteiger partial charge is 0.261 e. The second-order valence-corrected chi connectivity index (χ2v) is 18.2. The van der Waals surface area contributed by atoms with Gasteiger partial charge in [-0.25, -0.2) is 0 Å². The molecule has 1 aliphatic heterocycles. The first-order chi connectivity index (χ1) is 21.3. The zero-order valence-corrected chi connectivity index (χ0v) is 28.2. The first kappa shape index (κ1) is 32.5. The summed E-state index contributed by atoms with van der Waals surface area (Å²) in [5.74, 6) is 1.31. The van der Waals surface area contributed by atoms with E-state index < -0.39 is 8.32 Å². The molecule has 0 N–H and O–H groups in total. The number of hydrogen-bond acceptors (Lipinski definition) is 4. The van der Waals surface area contributed by atoms with Gasteiger partial charge in [-0.05, 0) is 59.0 Å². The van der Waals surface area contributed by atoms with E-state index in [0.717, 1.165) is 38.6 Å². The summed E-state index contributed by atoms with van der Waals surface area (Å²) in [6.45, 7) is 11.4. The topological polar surface area (TPSA) is 47.9 Å². The van der Waals surface area contributed by atoms with Crippen LogP contribution in [0.15, 0.2) is 96.0 Å². The average Bonchev–Trinajstić information content (AvgIpc) is 3.03. The van der Waals surface area contributed by atoms with Gasteiger partial charge in [-0.2, -0.15) is 0 Å². The highest BCUT2D eigenvalue weighted by Gasteiger charge is 2.50. The van der Waals surface area contributed by atoms with Crippen molar-refractivity contribution in [2.75, 3.05) is 13.2 Å². The second kappa shape index (κ2) is 14.9. The normalized spacial score (nSPS) is 22.2. The number of hydrogen-bond donors (Lipinski definition) is 0. The van der Waals surface area contributed by atoms with Gasteiger partial charge in [0.2, 0.25) is 0 Å². The van der Waals surface area contributed by atoms with Crippen LogP contribution in [0.25, 0.3) is 0 Å². The lowest BCUT2D eigenvalue weighted by Crippen LogP contribution is -2.66. The van der Waals surface area contributed by atoms with Crippen molar-refractivity contribution < 1.29 is 14.0 Å². The van der Waals surface area contributed by atoms with Gasteiger partial charge in [0.05, 0.1) is 12.7 Å². The minimum atomic E-state index is -2.55. The lowest BCUT2D eigenvalue weighted by Gasteiger charge is -2.44. The molecule has 1 heterocycles. The van der Waals surface area contributed by atoms with Crippen LogP contribution < -0.4 is 10.4 Å². The molecule has 2 aliphatic rings. The third-order valence-electron chi connectivity index (χ3n) is 9.78. The molecule has 234 valence electrons. The number of nitrogens with zero attached hydrogens (tertiary/aromatic N) is 1. The Balaban J connectivity index is 1.22. The second-order valence-electron chi connectivity index (χ2n) is 13.9. The first-order valence-electron chi connectivity index (χ1n) is 16.7. The minimum absolute atomic E-state index is 0.0444. The van der Waals surface area contributed by atoms with Gasteiger partial charge in [0, 0.05) is 43.5 Å². The quantitative estimate of drug-likeness (QED) is 0.147. The SMILES string of the molecule is CC1CC2=NCCCC2C(CC(=O)CCCCO[Si](c2ccccc2)(c2ccccc2)C(C)(C)C)C1OCc1ccccc1. The number of rotatable bonds is 13. The van der Waals surface area contributed by atoms with Crippen molar-refractivity contribution >= 4 is 30.2 Å². The average molecular weight is 610 g/mol. The fourth-order valence-electron chi connectivity index (χ4n) is 7.68. The predicted octanol–water partition coefficient (Wildman–Crippen LogP) is 7.78. The van der Waals surface area contributed by atoms with E-state index >= 15 is 0 Å². The van der Waals surface area contributed by atoms with Crippen LogP contribution in [0.4, 0.5) is 0 Å². The molecule has 0 aromatic heterocycles. The van der Waals surface area contributed by atoms with Crippen molar-refractivity contribution in [1.82, 2.24) is 0 Å². The molecule has 3 aromatic rings. The molecule has 4 atom stereocenters. The molecule has 5 heteroatoms. The summed E-state index contributed by atoms with van der Waals surface area (Å²) in [6, 6.07) is 32.0. The Hall–Kier alpha value is -2.86. The minimum Gasteiger partial charge on any atom is -0.407 e. The Kier molecular flexibility index (Phi) is 11.0. The Labute approximate surface area is 266 Å². The number of unbranched alkanes of at least 4 members (excludes halogenated alkanes) is 1. The molecule has 5 rings (SSSR count). The Bertz CT molecular complexity index is 1310. The van der Waals surface area contributed by atoms with E-state index in [1.807, 2.05) is 6.07 Å². The summed E-state index contributed by atoms with van der Waals surface area (Å²) in [7, 11) is -2.55. The molecule has 1 fully saturated rings. The van der Waals surface area contributed by atoms with Gasteiger partial charge in [0.25, 0.3) is 8.32 Å². The Morgan fingerprint density at radius 3 is 2.11 bits per heavy atom. The number of fused-ring (bicyclic) bond motifs is 1. The van der Waals surface area contributed by atoms with Gasteiger partial charge in [0.1, 0.15) is 5.78 Å². The summed E-state index contributed by atoms with van der Waals surface area (Å²) >= 11 is 0. The first-order valence-corrected chi connectivity index (χ1v) is 18.7. The van der Waals surface area contributed by atoms with Crippen LogP contribution in [0.1, 0.15) is 78.2 Å². The van der Waals surface area contributed by atoms with E-state index in [2.05, 4.69) is 113 Å². The van der Waals surface area contributed by atoms with Crippen LogP contribution in [0.5, 0.6) is 0 Å². The van der Waals surface area contributed by atoms with E-state index in [-0.39, 0.29) is 17.1 Å². The molecule has 3 aromatic carbocycles. The fraction of sp³-hybridized carbons (Fsp3) is 0.487. The summed E-state index contributed by atoms with van der Waals surface area (Å²) in [5, 5.41) is 2.55. The zero-order valence-electron chi connectivity index (χ0n) is 27.2. The highest BCUT2D eigenvalue weighted by atomic mass is 28.4. The molecule has 0 saturated heterocycles. The van der Waals surface area contributed by atoms with Crippen LogP contribution >= 0.6 is 0 Å². The van der Waals surface area contributed by atoms with Gasteiger partial charge < -0.3 is 9.16 Å². The molecule has 0 bridgehead atoms. The van der Waals surface area contributed by atoms with E-state index in [9.17, 15) is 4.79 Å².